The van der Waals surface area contributed by atoms with Gasteiger partial charge in [0.25, 0.3) is 5.91 Å². The van der Waals surface area contributed by atoms with Crippen molar-refractivity contribution in [3.8, 4) is 0 Å². The Labute approximate surface area is 173 Å². The zero-order chi connectivity index (χ0) is 20.8. The lowest BCUT2D eigenvalue weighted by Crippen LogP contribution is -2.46. The number of amides is 2. The average Bonchev–Trinajstić information content (AvgIpc) is 2.73. The molecule has 5 nitrogen and oxygen atoms in total. The first-order chi connectivity index (χ1) is 13.9. The molecule has 2 aromatic rings. The van der Waals surface area contributed by atoms with Crippen LogP contribution in [0, 0.1) is 19.8 Å². The van der Waals surface area contributed by atoms with E-state index < -0.39 is 0 Å². The number of aryl methyl sites for hydroxylation is 2. The van der Waals surface area contributed by atoms with Crippen LogP contribution in [-0.2, 0) is 4.79 Å². The lowest BCUT2D eigenvalue weighted by atomic mass is 9.96. The van der Waals surface area contributed by atoms with Crippen LogP contribution in [0.25, 0.3) is 0 Å². The largest absolute Gasteiger partial charge is 0.373 e. The zero-order valence-electron chi connectivity index (χ0n) is 17.6. The van der Waals surface area contributed by atoms with Gasteiger partial charge in [-0.3, -0.25) is 9.59 Å². The highest BCUT2D eigenvalue weighted by atomic mass is 16.2. The molecule has 0 aromatic heterocycles. The van der Waals surface area contributed by atoms with E-state index in [1.165, 1.54) is 0 Å². The van der Waals surface area contributed by atoms with E-state index in [4.69, 9.17) is 0 Å². The number of nitrogens with zero attached hydrogens (tertiary/aromatic N) is 2. The van der Waals surface area contributed by atoms with Crippen LogP contribution in [0.5, 0.6) is 0 Å². The molecule has 1 aliphatic rings. The molecule has 1 atom stereocenters. The molecular formula is C24H31N3O2. The molecule has 2 amide bonds. The second-order valence-corrected chi connectivity index (χ2v) is 8.01. The maximum absolute atomic E-state index is 12.9. The van der Waals surface area contributed by atoms with Crippen LogP contribution < -0.4 is 10.2 Å². The number of nitrogens with one attached hydrogen (secondary N) is 1. The maximum Gasteiger partial charge on any atom is 0.253 e. The third-order valence-corrected chi connectivity index (χ3v) is 5.49. The number of piperidine rings is 1. The van der Waals surface area contributed by atoms with Gasteiger partial charge in [0.2, 0.25) is 5.91 Å². The number of likely N-dealkylation sites (N-methyl/N-ethyl adjacent to an activating group) is 1. The van der Waals surface area contributed by atoms with E-state index in [-0.39, 0.29) is 17.7 Å². The molecule has 29 heavy (non-hydrogen) atoms. The van der Waals surface area contributed by atoms with Crippen LogP contribution in [0.15, 0.2) is 48.5 Å². The van der Waals surface area contributed by atoms with Gasteiger partial charge < -0.3 is 15.1 Å². The van der Waals surface area contributed by atoms with E-state index in [2.05, 4.69) is 28.4 Å². The van der Waals surface area contributed by atoms with E-state index in [1.54, 1.807) is 0 Å². The summed E-state index contributed by atoms with van der Waals surface area (Å²) in [5.74, 6) is -0.0665. The Balaban J connectivity index is 1.52. The smallest absolute Gasteiger partial charge is 0.253 e. The SMILES string of the molecule is Cc1cc(C)cc(C(=O)N2CCCC(C(=O)NCCN(C)c3ccccc3)C2)c1. The molecule has 1 N–H and O–H groups in total. The summed E-state index contributed by atoms with van der Waals surface area (Å²) in [6, 6.07) is 16.0. The first kappa shape index (κ1) is 20.9. The van der Waals surface area contributed by atoms with Gasteiger partial charge in [-0.2, -0.15) is 0 Å². The second kappa shape index (κ2) is 9.59. The van der Waals surface area contributed by atoms with Crippen molar-refractivity contribution in [1.82, 2.24) is 10.2 Å². The standard InChI is InChI=1S/C24H31N3O2/c1-18-14-19(2)16-21(15-18)24(29)27-12-7-8-20(17-27)23(28)25-11-13-26(3)22-9-5-4-6-10-22/h4-6,9-10,14-16,20H,7-8,11-13,17H2,1-3H3,(H,25,28). The van der Waals surface area contributed by atoms with Crippen LogP contribution in [0.2, 0.25) is 0 Å². The van der Waals surface area contributed by atoms with Crippen LogP contribution >= 0.6 is 0 Å². The third-order valence-electron chi connectivity index (χ3n) is 5.49. The van der Waals surface area contributed by atoms with Gasteiger partial charge in [-0.15, -0.1) is 0 Å². The molecule has 5 heteroatoms. The highest BCUT2D eigenvalue weighted by Crippen LogP contribution is 2.20. The van der Waals surface area contributed by atoms with Crippen molar-refractivity contribution in [2.75, 3.05) is 38.1 Å². The number of anilines is 1. The third kappa shape index (κ3) is 5.59. The van der Waals surface area contributed by atoms with Gasteiger partial charge in [-0.05, 0) is 51.0 Å². The van der Waals surface area contributed by atoms with Crippen molar-refractivity contribution < 1.29 is 9.59 Å². The topological polar surface area (TPSA) is 52.7 Å². The number of hydrogen-bond acceptors (Lipinski definition) is 3. The number of carbonyl (C=O) groups excluding carboxylic acids is 2. The number of carbonyl (C=O) groups is 2. The van der Waals surface area contributed by atoms with Gasteiger partial charge in [0.1, 0.15) is 0 Å². The van der Waals surface area contributed by atoms with Crippen molar-refractivity contribution in [2.24, 2.45) is 5.92 Å². The Morgan fingerprint density at radius 3 is 2.48 bits per heavy atom. The zero-order valence-corrected chi connectivity index (χ0v) is 17.6. The summed E-state index contributed by atoms with van der Waals surface area (Å²) in [5, 5.41) is 3.05. The van der Waals surface area contributed by atoms with Gasteiger partial charge in [0.05, 0.1) is 5.92 Å². The van der Waals surface area contributed by atoms with Gasteiger partial charge in [-0.25, -0.2) is 0 Å². The van der Waals surface area contributed by atoms with Crippen LogP contribution in [0.3, 0.4) is 0 Å². The van der Waals surface area contributed by atoms with Gasteiger partial charge in [0, 0.05) is 44.5 Å². The quantitative estimate of drug-likeness (QED) is 0.818. The predicted molar refractivity (Wildman–Crippen MR) is 117 cm³/mol. The fourth-order valence-electron chi connectivity index (χ4n) is 3.96. The molecule has 3 rings (SSSR count). The number of rotatable bonds is 6. The predicted octanol–water partition coefficient (Wildman–Crippen LogP) is 3.41. The minimum Gasteiger partial charge on any atom is -0.373 e. The molecule has 0 radical (unpaired) electrons. The highest BCUT2D eigenvalue weighted by molar-refractivity contribution is 5.95. The van der Waals surface area contributed by atoms with Crippen molar-refractivity contribution in [3.63, 3.8) is 0 Å². The second-order valence-electron chi connectivity index (χ2n) is 8.01. The first-order valence-corrected chi connectivity index (χ1v) is 10.4. The molecule has 0 bridgehead atoms. The van der Waals surface area contributed by atoms with Crippen molar-refractivity contribution in [1.29, 1.82) is 0 Å². The first-order valence-electron chi connectivity index (χ1n) is 10.4. The highest BCUT2D eigenvalue weighted by Gasteiger charge is 2.28. The molecule has 2 aromatic carbocycles. The molecule has 0 spiro atoms. The molecular weight excluding hydrogens is 362 g/mol. The lowest BCUT2D eigenvalue weighted by Gasteiger charge is -2.32. The molecule has 0 aliphatic carbocycles. The summed E-state index contributed by atoms with van der Waals surface area (Å²) < 4.78 is 0. The molecule has 1 heterocycles. The van der Waals surface area contributed by atoms with E-state index in [1.807, 2.05) is 56.1 Å². The maximum atomic E-state index is 12.9. The fourth-order valence-corrected chi connectivity index (χ4v) is 3.96. The number of benzene rings is 2. The van der Waals surface area contributed by atoms with Crippen molar-refractivity contribution in [2.45, 2.75) is 26.7 Å². The minimum atomic E-state index is -0.138. The van der Waals surface area contributed by atoms with Gasteiger partial charge in [0.15, 0.2) is 0 Å². The van der Waals surface area contributed by atoms with Gasteiger partial charge in [-0.1, -0.05) is 35.4 Å². The molecule has 154 valence electrons. The Morgan fingerprint density at radius 2 is 1.79 bits per heavy atom. The Hall–Kier alpha value is -2.82. The van der Waals surface area contributed by atoms with E-state index in [0.717, 1.165) is 36.2 Å². The van der Waals surface area contributed by atoms with Crippen LogP contribution in [0.4, 0.5) is 5.69 Å². The Morgan fingerprint density at radius 1 is 1.10 bits per heavy atom. The van der Waals surface area contributed by atoms with Crippen molar-refractivity contribution in [3.05, 3.63) is 65.2 Å². The normalized spacial score (nSPS) is 16.4. The van der Waals surface area contributed by atoms with Crippen LogP contribution in [-0.4, -0.2) is 49.9 Å². The summed E-state index contributed by atoms with van der Waals surface area (Å²) in [4.78, 5) is 29.5. The number of likely N-dealkylation sites (tertiary alicyclic amines) is 1. The Bertz CT molecular complexity index is 830. The summed E-state index contributed by atoms with van der Waals surface area (Å²) in [6.45, 7) is 6.54. The average molecular weight is 394 g/mol. The van der Waals surface area contributed by atoms with E-state index in [9.17, 15) is 9.59 Å². The van der Waals surface area contributed by atoms with E-state index in [0.29, 0.717) is 25.2 Å². The molecule has 1 unspecified atom stereocenters. The minimum absolute atomic E-state index is 0.0260. The summed E-state index contributed by atoms with van der Waals surface area (Å²) in [7, 11) is 2.02. The summed E-state index contributed by atoms with van der Waals surface area (Å²) >= 11 is 0. The van der Waals surface area contributed by atoms with Crippen molar-refractivity contribution >= 4 is 17.5 Å². The molecule has 1 aliphatic heterocycles. The summed E-state index contributed by atoms with van der Waals surface area (Å²) in [6.07, 6.45) is 1.69. The number of hydrogen-bond donors (Lipinski definition) is 1. The Kier molecular flexibility index (Phi) is 6.91. The molecule has 0 saturated carbocycles. The van der Waals surface area contributed by atoms with Gasteiger partial charge >= 0.3 is 0 Å². The van der Waals surface area contributed by atoms with E-state index >= 15 is 0 Å². The lowest BCUT2D eigenvalue weighted by molar-refractivity contribution is -0.126. The fraction of sp³-hybridized carbons (Fsp3) is 0.417. The monoisotopic (exact) mass is 393 g/mol. The number of para-hydroxylation sites is 1. The summed E-state index contributed by atoms with van der Waals surface area (Å²) in [5.41, 5.74) is 4.02. The molecule has 1 fully saturated rings. The van der Waals surface area contributed by atoms with Crippen LogP contribution in [0.1, 0.15) is 34.3 Å². The molecule has 1 saturated heterocycles.